The van der Waals surface area contributed by atoms with Crippen LogP contribution in [0, 0.1) is 11.7 Å². The molecule has 1 aliphatic heterocycles. The van der Waals surface area contributed by atoms with Gasteiger partial charge >= 0.3 is 0 Å². The number of piperidine rings is 1. The number of nitrogens with zero attached hydrogens (tertiary/aromatic N) is 1. The van der Waals surface area contributed by atoms with Crippen LogP contribution in [0.3, 0.4) is 0 Å². The molecule has 2 unspecified atom stereocenters. The van der Waals surface area contributed by atoms with Crippen molar-refractivity contribution in [2.75, 3.05) is 19.6 Å². The molecule has 1 aromatic rings. The van der Waals surface area contributed by atoms with Crippen LogP contribution >= 0.6 is 0 Å². The van der Waals surface area contributed by atoms with E-state index in [1.807, 2.05) is 12.1 Å². The molecular formula is C17H27FN2. The molecule has 1 heterocycles. The van der Waals surface area contributed by atoms with Crippen LogP contribution in [0.5, 0.6) is 0 Å². The highest BCUT2D eigenvalue weighted by Crippen LogP contribution is 2.22. The fourth-order valence-corrected chi connectivity index (χ4v) is 3.11. The Morgan fingerprint density at radius 1 is 1.25 bits per heavy atom. The van der Waals surface area contributed by atoms with Gasteiger partial charge in [-0.3, -0.25) is 4.90 Å². The summed E-state index contributed by atoms with van der Waals surface area (Å²) >= 11 is 0. The lowest BCUT2D eigenvalue weighted by atomic mass is 9.89. The lowest BCUT2D eigenvalue weighted by molar-refractivity contribution is 0.129. The van der Waals surface area contributed by atoms with Crippen LogP contribution in [0.15, 0.2) is 24.3 Å². The molecule has 112 valence electrons. The molecule has 20 heavy (non-hydrogen) atoms. The Morgan fingerprint density at radius 3 is 2.65 bits per heavy atom. The van der Waals surface area contributed by atoms with Gasteiger partial charge in [0, 0.05) is 19.1 Å². The molecule has 1 fully saturated rings. The van der Waals surface area contributed by atoms with E-state index >= 15 is 0 Å². The van der Waals surface area contributed by atoms with Gasteiger partial charge in [-0.15, -0.1) is 0 Å². The zero-order valence-electron chi connectivity index (χ0n) is 12.7. The van der Waals surface area contributed by atoms with E-state index in [4.69, 9.17) is 0 Å². The average Bonchev–Trinajstić information content (AvgIpc) is 2.48. The molecule has 0 bridgehead atoms. The fourth-order valence-electron chi connectivity index (χ4n) is 3.11. The molecule has 0 saturated carbocycles. The minimum Gasteiger partial charge on any atom is -0.314 e. The largest absolute Gasteiger partial charge is 0.314 e. The second-order valence-corrected chi connectivity index (χ2v) is 5.88. The van der Waals surface area contributed by atoms with Crippen LogP contribution < -0.4 is 5.32 Å². The zero-order chi connectivity index (χ0) is 14.4. The standard InChI is InChI=1S/C17H27FN2/c1-3-10-19-17-9-11-20(13-15(17)4-2)12-14-5-7-16(18)8-6-14/h5-8,15,17,19H,3-4,9-13H2,1-2H3. The number of likely N-dealkylation sites (tertiary alicyclic amines) is 1. The van der Waals surface area contributed by atoms with Gasteiger partial charge in [0.05, 0.1) is 0 Å². The summed E-state index contributed by atoms with van der Waals surface area (Å²) in [6.07, 6.45) is 3.65. The van der Waals surface area contributed by atoms with Gasteiger partial charge in [-0.05, 0) is 49.5 Å². The summed E-state index contributed by atoms with van der Waals surface area (Å²) in [6.45, 7) is 8.85. The van der Waals surface area contributed by atoms with E-state index < -0.39 is 0 Å². The first-order valence-corrected chi connectivity index (χ1v) is 7.93. The van der Waals surface area contributed by atoms with Crippen molar-refractivity contribution in [2.45, 2.75) is 45.7 Å². The van der Waals surface area contributed by atoms with E-state index in [-0.39, 0.29) is 5.82 Å². The molecule has 2 nitrogen and oxygen atoms in total. The lowest BCUT2D eigenvalue weighted by Gasteiger charge is -2.39. The summed E-state index contributed by atoms with van der Waals surface area (Å²) in [4.78, 5) is 2.51. The number of rotatable bonds is 6. The van der Waals surface area contributed by atoms with E-state index in [0.29, 0.717) is 6.04 Å². The molecule has 0 spiro atoms. The number of benzene rings is 1. The van der Waals surface area contributed by atoms with E-state index in [0.717, 1.165) is 32.1 Å². The van der Waals surface area contributed by atoms with Crippen LogP contribution in [0.2, 0.25) is 0 Å². The van der Waals surface area contributed by atoms with Crippen LogP contribution in [0.4, 0.5) is 4.39 Å². The Balaban J connectivity index is 1.87. The molecule has 0 radical (unpaired) electrons. The highest BCUT2D eigenvalue weighted by molar-refractivity contribution is 5.16. The number of nitrogens with one attached hydrogen (secondary N) is 1. The normalized spacial score (nSPS) is 23.9. The average molecular weight is 278 g/mol. The van der Waals surface area contributed by atoms with Crippen LogP contribution in [-0.2, 0) is 6.54 Å². The Kier molecular flexibility index (Phi) is 5.99. The maximum absolute atomic E-state index is 12.9. The van der Waals surface area contributed by atoms with Crippen molar-refractivity contribution in [3.63, 3.8) is 0 Å². The maximum Gasteiger partial charge on any atom is 0.123 e. The Morgan fingerprint density at radius 2 is 2.00 bits per heavy atom. The molecule has 0 aliphatic carbocycles. The van der Waals surface area contributed by atoms with Crippen molar-refractivity contribution in [2.24, 2.45) is 5.92 Å². The Hall–Kier alpha value is -0.930. The van der Waals surface area contributed by atoms with Crippen molar-refractivity contribution in [3.05, 3.63) is 35.6 Å². The van der Waals surface area contributed by atoms with E-state index in [1.165, 1.54) is 24.8 Å². The minimum absolute atomic E-state index is 0.150. The van der Waals surface area contributed by atoms with E-state index in [9.17, 15) is 4.39 Å². The van der Waals surface area contributed by atoms with Crippen molar-refractivity contribution in [1.29, 1.82) is 0 Å². The number of hydrogen-bond donors (Lipinski definition) is 1. The Labute approximate surface area is 122 Å². The highest BCUT2D eigenvalue weighted by Gasteiger charge is 2.27. The topological polar surface area (TPSA) is 15.3 Å². The molecule has 0 aromatic heterocycles. The monoisotopic (exact) mass is 278 g/mol. The molecule has 0 amide bonds. The summed E-state index contributed by atoms with van der Waals surface area (Å²) in [7, 11) is 0. The summed E-state index contributed by atoms with van der Waals surface area (Å²) in [5.41, 5.74) is 1.21. The summed E-state index contributed by atoms with van der Waals surface area (Å²) in [5.74, 6) is 0.582. The minimum atomic E-state index is -0.150. The summed E-state index contributed by atoms with van der Waals surface area (Å²) in [6, 6.07) is 7.59. The Bertz CT molecular complexity index is 390. The number of hydrogen-bond acceptors (Lipinski definition) is 2. The predicted molar refractivity (Wildman–Crippen MR) is 82.2 cm³/mol. The van der Waals surface area contributed by atoms with E-state index in [1.54, 1.807) is 12.1 Å². The first kappa shape index (κ1) is 15.5. The van der Waals surface area contributed by atoms with Crippen molar-refractivity contribution < 1.29 is 4.39 Å². The second-order valence-electron chi connectivity index (χ2n) is 5.88. The third-order valence-electron chi connectivity index (χ3n) is 4.32. The highest BCUT2D eigenvalue weighted by atomic mass is 19.1. The molecule has 1 saturated heterocycles. The molecule has 1 aliphatic rings. The fraction of sp³-hybridized carbons (Fsp3) is 0.647. The molecule has 1 N–H and O–H groups in total. The van der Waals surface area contributed by atoms with Crippen LogP contribution in [-0.4, -0.2) is 30.6 Å². The van der Waals surface area contributed by atoms with Gasteiger partial charge in [0.15, 0.2) is 0 Å². The molecular weight excluding hydrogens is 251 g/mol. The van der Waals surface area contributed by atoms with E-state index in [2.05, 4.69) is 24.1 Å². The molecule has 3 heteroatoms. The van der Waals surface area contributed by atoms with Crippen molar-refractivity contribution in [1.82, 2.24) is 10.2 Å². The maximum atomic E-state index is 12.9. The SMILES string of the molecule is CCCNC1CCN(Cc2ccc(F)cc2)CC1CC. The van der Waals surface area contributed by atoms with Gasteiger partial charge in [-0.2, -0.15) is 0 Å². The first-order valence-electron chi connectivity index (χ1n) is 7.93. The molecule has 2 rings (SSSR count). The summed E-state index contributed by atoms with van der Waals surface area (Å²) in [5, 5.41) is 3.69. The van der Waals surface area contributed by atoms with Gasteiger partial charge in [-0.1, -0.05) is 32.4 Å². The van der Waals surface area contributed by atoms with Gasteiger partial charge in [0.25, 0.3) is 0 Å². The first-order chi connectivity index (χ1) is 9.72. The van der Waals surface area contributed by atoms with Crippen molar-refractivity contribution in [3.8, 4) is 0 Å². The zero-order valence-corrected chi connectivity index (χ0v) is 12.7. The quantitative estimate of drug-likeness (QED) is 0.857. The van der Waals surface area contributed by atoms with Gasteiger partial charge in [-0.25, -0.2) is 4.39 Å². The number of halogens is 1. The second kappa shape index (κ2) is 7.75. The lowest BCUT2D eigenvalue weighted by Crippen LogP contribution is -2.49. The molecule has 2 atom stereocenters. The van der Waals surface area contributed by atoms with Crippen LogP contribution in [0.25, 0.3) is 0 Å². The van der Waals surface area contributed by atoms with Crippen LogP contribution in [0.1, 0.15) is 38.7 Å². The smallest absolute Gasteiger partial charge is 0.123 e. The van der Waals surface area contributed by atoms with Gasteiger partial charge < -0.3 is 5.32 Å². The third kappa shape index (κ3) is 4.29. The van der Waals surface area contributed by atoms with Crippen molar-refractivity contribution >= 4 is 0 Å². The predicted octanol–water partition coefficient (Wildman–Crippen LogP) is 3.43. The summed E-state index contributed by atoms with van der Waals surface area (Å²) < 4.78 is 12.9. The van der Waals surface area contributed by atoms with Gasteiger partial charge in [0.2, 0.25) is 0 Å². The molecule has 1 aromatic carbocycles. The third-order valence-corrected chi connectivity index (χ3v) is 4.32. The van der Waals surface area contributed by atoms with Gasteiger partial charge in [0.1, 0.15) is 5.82 Å².